The van der Waals surface area contributed by atoms with Gasteiger partial charge in [0.05, 0.1) is 11.5 Å². The second-order valence-electron chi connectivity index (χ2n) is 3.93. The number of hydrogen-bond donors (Lipinski definition) is 1. The lowest BCUT2D eigenvalue weighted by atomic mass is 10.3. The Kier molecular flexibility index (Phi) is 7.90. The highest BCUT2D eigenvalue weighted by atomic mass is 32.1. The van der Waals surface area contributed by atoms with Crippen LogP contribution in [0.3, 0.4) is 0 Å². The second kappa shape index (κ2) is 8.30. The maximum atomic E-state index is 12.0. The fourth-order valence-electron chi connectivity index (χ4n) is 1.21. The molecule has 0 spiro atoms. The average molecular weight is 267 g/mol. The molecule has 0 unspecified atom stereocenters. The van der Waals surface area contributed by atoms with Crippen LogP contribution < -0.4 is 5.73 Å². The number of nitrogens with zero attached hydrogens (tertiary/aromatic N) is 2. The van der Waals surface area contributed by atoms with Gasteiger partial charge >= 0.3 is 0 Å². The molecular weight excluding hydrogens is 248 g/mol. The summed E-state index contributed by atoms with van der Waals surface area (Å²) in [5.74, 6) is -0.0950. The van der Waals surface area contributed by atoms with Crippen molar-refractivity contribution in [3.63, 3.8) is 0 Å². The van der Waals surface area contributed by atoms with Crippen molar-refractivity contribution in [1.29, 1.82) is 0 Å². The number of nitrogens with two attached hydrogens (primary N) is 1. The van der Waals surface area contributed by atoms with E-state index in [4.69, 9.17) is 18.0 Å². The van der Waals surface area contributed by atoms with E-state index < -0.39 is 6.43 Å². The van der Waals surface area contributed by atoms with Crippen molar-refractivity contribution in [2.24, 2.45) is 5.73 Å². The van der Waals surface area contributed by atoms with Crippen molar-refractivity contribution in [3.8, 4) is 0 Å². The lowest BCUT2D eigenvalue weighted by molar-refractivity contribution is -0.130. The number of rotatable bonds is 8. The zero-order valence-corrected chi connectivity index (χ0v) is 11.0. The Labute approximate surface area is 106 Å². The van der Waals surface area contributed by atoms with Crippen LogP contribution in [0.1, 0.15) is 12.8 Å². The highest BCUT2D eigenvalue weighted by Crippen LogP contribution is 1.99. The molecule has 0 bridgehead atoms. The highest BCUT2D eigenvalue weighted by molar-refractivity contribution is 7.80. The molecule has 100 valence electrons. The number of thiocarbonyl (C=S) groups is 1. The first-order chi connectivity index (χ1) is 7.82. The average Bonchev–Trinajstić information content (AvgIpc) is 2.21. The molecule has 0 saturated heterocycles. The first-order valence-electron chi connectivity index (χ1n) is 5.32. The van der Waals surface area contributed by atoms with E-state index in [-0.39, 0.29) is 18.9 Å². The summed E-state index contributed by atoms with van der Waals surface area (Å²) in [6.07, 6.45) is -1.68. The number of amides is 1. The first kappa shape index (κ1) is 16.2. The number of carbonyl (C=O) groups is 1. The molecule has 7 heteroatoms. The molecule has 0 radical (unpaired) electrons. The Hall–Kier alpha value is -0.820. The van der Waals surface area contributed by atoms with Gasteiger partial charge in [-0.25, -0.2) is 8.78 Å². The summed E-state index contributed by atoms with van der Waals surface area (Å²) in [6.45, 7) is 0.469. The Balaban J connectivity index is 3.80. The van der Waals surface area contributed by atoms with E-state index in [1.807, 2.05) is 0 Å². The molecular formula is C10H19F2N3OS. The molecule has 0 aliphatic rings. The van der Waals surface area contributed by atoms with Gasteiger partial charge in [0.2, 0.25) is 5.91 Å². The van der Waals surface area contributed by atoms with Gasteiger partial charge in [0.1, 0.15) is 0 Å². The van der Waals surface area contributed by atoms with Gasteiger partial charge in [-0.2, -0.15) is 0 Å². The molecule has 0 heterocycles. The van der Waals surface area contributed by atoms with Crippen molar-refractivity contribution >= 4 is 23.1 Å². The summed E-state index contributed by atoms with van der Waals surface area (Å²) in [5.41, 5.74) is 5.32. The van der Waals surface area contributed by atoms with Crippen LogP contribution >= 0.6 is 12.2 Å². The number of alkyl halides is 2. The van der Waals surface area contributed by atoms with Crippen LogP contribution in [0.5, 0.6) is 0 Å². The van der Waals surface area contributed by atoms with Gasteiger partial charge in [-0.05, 0) is 7.05 Å². The lowest BCUT2D eigenvalue weighted by Gasteiger charge is -2.20. The number of hydrogen-bond acceptors (Lipinski definition) is 3. The normalized spacial score (nSPS) is 10.9. The Morgan fingerprint density at radius 1 is 1.29 bits per heavy atom. The summed E-state index contributed by atoms with van der Waals surface area (Å²) >= 11 is 4.70. The predicted molar refractivity (Wildman–Crippen MR) is 67.2 cm³/mol. The summed E-state index contributed by atoms with van der Waals surface area (Å²) < 4.78 is 24.0. The molecule has 0 aromatic heterocycles. The van der Waals surface area contributed by atoms with Crippen molar-refractivity contribution in [2.75, 3.05) is 33.7 Å². The molecule has 0 aliphatic heterocycles. The minimum Gasteiger partial charge on any atom is -0.393 e. The van der Waals surface area contributed by atoms with E-state index in [1.54, 1.807) is 14.1 Å². The van der Waals surface area contributed by atoms with E-state index in [1.165, 1.54) is 9.80 Å². The smallest absolute Gasteiger partial charge is 0.251 e. The topological polar surface area (TPSA) is 49.6 Å². The van der Waals surface area contributed by atoms with Gasteiger partial charge in [0.25, 0.3) is 6.43 Å². The SMILES string of the molecule is CN(CCC(=O)N(C)CCC(N)=S)CC(F)F. The van der Waals surface area contributed by atoms with Gasteiger partial charge in [0.15, 0.2) is 0 Å². The molecule has 2 N–H and O–H groups in total. The zero-order valence-electron chi connectivity index (χ0n) is 10.2. The third-order valence-electron chi connectivity index (χ3n) is 2.28. The summed E-state index contributed by atoms with van der Waals surface area (Å²) in [4.78, 5) is 14.9. The molecule has 0 saturated carbocycles. The molecule has 17 heavy (non-hydrogen) atoms. The number of halogens is 2. The van der Waals surface area contributed by atoms with Gasteiger partial charge < -0.3 is 15.5 Å². The van der Waals surface area contributed by atoms with Gasteiger partial charge in [-0.3, -0.25) is 4.79 Å². The second-order valence-corrected chi connectivity index (χ2v) is 4.46. The quantitative estimate of drug-likeness (QED) is 0.658. The minimum atomic E-state index is -2.37. The van der Waals surface area contributed by atoms with Crippen LogP contribution in [-0.4, -0.2) is 60.9 Å². The molecule has 0 aliphatic carbocycles. The summed E-state index contributed by atoms with van der Waals surface area (Å²) in [6, 6.07) is 0. The lowest BCUT2D eigenvalue weighted by Crippen LogP contribution is -2.34. The van der Waals surface area contributed by atoms with Crippen LogP contribution in [0.25, 0.3) is 0 Å². The minimum absolute atomic E-state index is 0.0950. The van der Waals surface area contributed by atoms with E-state index >= 15 is 0 Å². The molecule has 1 amide bonds. The van der Waals surface area contributed by atoms with Crippen LogP contribution in [0.2, 0.25) is 0 Å². The molecule has 0 aromatic rings. The van der Waals surface area contributed by atoms with Crippen LogP contribution in [0.4, 0.5) is 8.78 Å². The van der Waals surface area contributed by atoms with Crippen LogP contribution in [-0.2, 0) is 4.79 Å². The standard InChI is InChI=1S/C10H19F2N3OS/c1-14(7-8(11)12)5-4-10(16)15(2)6-3-9(13)17/h8H,3-7H2,1-2H3,(H2,13,17). The van der Waals surface area contributed by atoms with Crippen LogP contribution in [0, 0.1) is 0 Å². The molecule has 0 aromatic carbocycles. The van der Waals surface area contributed by atoms with E-state index in [2.05, 4.69) is 0 Å². The maximum Gasteiger partial charge on any atom is 0.251 e. The van der Waals surface area contributed by atoms with Gasteiger partial charge in [-0.1, -0.05) is 12.2 Å². The maximum absolute atomic E-state index is 12.0. The molecule has 4 nitrogen and oxygen atoms in total. The third kappa shape index (κ3) is 8.93. The first-order valence-corrected chi connectivity index (χ1v) is 5.72. The van der Waals surface area contributed by atoms with Gasteiger partial charge in [-0.15, -0.1) is 0 Å². The molecule has 0 rings (SSSR count). The summed E-state index contributed by atoms with van der Waals surface area (Å²) in [7, 11) is 3.21. The Bertz CT molecular complexity index is 264. The van der Waals surface area contributed by atoms with Gasteiger partial charge in [0, 0.05) is 33.0 Å². The monoisotopic (exact) mass is 267 g/mol. The molecule has 0 fully saturated rings. The highest BCUT2D eigenvalue weighted by Gasteiger charge is 2.12. The van der Waals surface area contributed by atoms with Crippen molar-refractivity contribution in [3.05, 3.63) is 0 Å². The fraction of sp³-hybridized carbons (Fsp3) is 0.800. The Morgan fingerprint density at radius 3 is 2.35 bits per heavy atom. The largest absolute Gasteiger partial charge is 0.393 e. The fourth-order valence-corrected chi connectivity index (χ4v) is 1.30. The van der Waals surface area contributed by atoms with Crippen molar-refractivity contribution < 1.29 is 13.6 Å². The van der Waals surface area contributed by atoms with Crippen molar-refractivity contribution in [2.45, 2.75) is 19.3 Å². The molecule has 0 atom stereocenters. The van der Waals surface area contributed by atoms with E-state index in [0.29, 0.717) is 24.5 Å². The Morgan fingerprint density at radius 2 is 1.88 bits per heavy atom. The number of carbonyl (C=O) groups excluding carboxylic acids is 1. The zero-order chi connectivity index (χ0) is 13.4. The van der Waals surface area contributed by atoms with E-state index in [9.17, 15) is 13.6 Å². The predicted octanol–water partition coefficient (Wildman–Crippen LogP) is 0.708. The van der Waals surface area contributed by atoms with E-state index in [0.717, 1.165) is 0 Å². The van der Waals surface area contributed by atoms with Crippen molar-refractivity contribution in [1.82, 2.24) is 9.80 Å². The third-order valence-corrected chi connectivity index (χ3v) is 2.48. The van der Waals surface area contributed by atoms with Crippen LogP contribution in [0.15, 0.2) is 0 Å². The summed E-state index contributed by atoms with van der Waals surface area (Å²) in [5, 5.41) is 0.